The Kier molecular flexibility index (Phi) is 4.24. The van der Waals surface area contributed by atoms with Crippen LogP contribution in [0.15, 0.2) is 70.1 Å². The van der Waals surface area contributed by atoms with Crippen molar-refractivity contribution < 1.29 is 4.79 Å². The van der Waals surface area contributed by atoms with E-state index in [-0.39, 0.29) is 0 Å². The fourth-order valence-electron chi connectivity index (χ4n) is 1.52. The molecule has 0 atom stereocenters. The van der Waals surface area contributed by atoms with Crippen molar-refractivity contribution in [2.24, 2.45) is 4.99 Å². The van der Waals surface area contributed by atoms with Crippen LogP contribution in [0, 0.1) is 0 Å². The SMILES string of the molecule is O=C=C(Br)C(=Nc1ccccc1)c1ccccc1. The first-order valence-corrected chi connectivity index (χ1v) is 6.20. The Morgan fingerprint density at radius 2 is 1.50 bits per heavy atom. The van der Waals surface area contributed by atoms with Gasteiger partial charge in [0.1, 0.15) is 10.4 Å². The Balaban J connectivity index is 2.51. The van der Waals surface area contributed by atoms with Gasteiger partial charge in [0.15, 0.2) is 0 Å². The minimum Gasteiger partial charge on any atom is -0.246 e. The number of allylic oxidation sites excluding steroid dienone is 1. The Morgan fingerprint density at radius 1 is 0.944 bits per heavy atom. The van der Waals surface area contributed by atoms with E-state index in [0.717, 1.165) is 11.3 Å². The maximum Gasteiger partial charge on any atom is 0.142 e. The molecule has 0 fully saturated rings. The van der Waals surface area contributed by atoms with Crippen LogP contribution in [0.3, 0.4) is 0 Å². The molecule has 2 nitrogen and oxygen atoms in total. The summed E-state index contributed by atoms with van der Waals surface area (Å²) < 4.78 is 0.317. The van der Waals surface area contributed by atoms with Crippen LogP contribution in [-0.2, 0) is 4.79 Å². The normalized spacial score (nSPS) is 10.8. The summed E-state index contributed by atoms with van der Waals surface area (Å²) >= 11 is 3.20. The van der Waals surface area contributed by atoms with Crippen LogP contribution >= 0.6 is 15.9 Å². The highest BCUT2D eigenvalue weighted by atomic mass is 79.9. The Morgan fingerprint density at radius 3 is 2.06 bits per heavy atom. The molecule has 0 heterocycles. The van der Waals surface area contributed by atoms with Gasteiger partial charge in [-0.25, -0.2) is 9.79 Å². The summed E-state index contributed by atoms with van der Waals surface area (Å²) in [6.45, 7) is 0. The highest BCUT2D eigenvalue weighted by molar-refractivity contribution is 9.12. The van der Waals surface area contributed by atoms with Crippen molar-refractivity contribution in [1.82, 2.24) is 0 Å². The van der Waals surface area contributed by atoms with Gasteiger partial charge in [0.2, 0.25) is 0 Å². The first-order valence-electron chi connectivity index (χ1n) is 5.41. The molecular formula is C15H10BrNO. The van der Waals surface area contributed by atoms with Gasteiger partial charge in [-0.15, -0.1) is 0 Å². The topological polar surface area (TPSA) is 29.4 Å². The average Bonchev–Trinajstić information content (AvgIpc) is 2.46. The Hall–Kier alpha value is -1.96. The van der Waals surface area contributed by atoms with E-state index in [4.69, 9.17) is 0 Å². The predicted octanol–water partition coefficient (Wildman–Crippen LogP) is 3.92. The zero-order valence-corrected chi connectivity index (χ0v) is 11.1. The largest absolute Gasteiger partial charge is 0.246 e. The van der Waals surface area contributed by atoms with Crippen LogP contribution in [0.2, 0.25) is 0 Å². The van der Waals surface area contributed by atoms with E-state index in [9.17, 15) is 4.79 Å². The van der Waals surface area contributed by atoms with Crippen molar-refractivity contribution in [1.29, 1.82) is 0 Å². The second-order valence-corrected chi connectivity index (χ2v) is 4.37. The van der Waals surface area contributed by atoms with Gasteiger partial charge < -0.3 is 0 Å². The monoisotopic (exact) mass is 299 g/mol. The smallest absolute Gasteiger partial charge is 0.142 e. The summed E-state index contributed by atoms with van der Waals surface area (Å²) in [7, 11) is 0. The number of aliphatic imine (C=N–C) groups is 1. The van der Waals surface area contributed by atoms with Gasteiger partial charge in [-0.1, -0.05) is 48.5 Å². The first-order chi connectivity index (χ1) is 8.81. The molecule has 0 N–H and O–H groups in total. The molecule has 0 bridgehead atoms. The first kappa shape index (κ1) is 12.5. The predicted molar refractivity (Wildman–Crippen MR) is 77.2 cm³/mol. The maximum absolute atomic E-state index is 10.8. The maximum atomic E-state index is 10.8. The molecule has 0 aromatic heterocycles. The molecule has 2 rings (SSSR count). The molecule has 88 valence electrons. The quantitative estimate of drug-likeness (QED) is 0.624. The van der Waals surface area contributed by atoms with Gasteiger partial charge in [0.25, 0.3) is 0 Å². The summed E-state index contributed by atoms with van der Waals surface area (Å²) in [6.07, 6.45) is 0. The summed E-state index contributed by atoms with van der Waals surface area (Å²) in [5.74, 6) is 1.84. The molecule has 2 aromatic carbocycles. The van der Waals surface area contributed by atoms with Gasteiger partial charge in [0.05, 0.1) is 11.4 Å². The average molecular weight is 300 g/mol. The minimum absolute atomic E-state index is 0.317. The third kappa shape index (κ3) is 3.04. The molecule has 0 radical (unpaired) electrons. The van der Waals surface area contributed by atoms with E-state index in [1.165, 1.54) is 0 Å². The minimum atomic E-state index is 0.317. The van der Waals surface area contributed by atoms with Crippen LogP contribution in [0.4, 0.5) is 5.69 Å². The number of nitrogens with zero attached hydrogens (tertiary/aromatic N) is 1. The number of rotatable bonds is 3. The van der Waals surface area contributed by atoms with Gasteiger partial charge in [0, 0.05) is 5.56 Å². The van der Waals surface area contributed by atoms with E-state index < -0.39 is 0 Å². The molecule has 18 heavy (non-hydrogen) atoms. The second-order valence-electron chi connectivity index (χ2n) is 3.58. The van der Waals surface area contributed by atoms with E-state index in [1.54, 1.807) is 0 Å². The summed E-state index contributed by atoms with van der Waals surface area (Å²) in [6, 6.07) is 19.0. The third-order valence-corrected chi connectivity index (χ3v) is 2.88. The number of benzene rings is 2. The summed E-state index contributed by atoms with van der Waals surface area (Å²) in [5, 5.41) is 0. The lowest BCUT2D eigenvalue weighted by Crippen LogP contribution is -2.00. The van der Waals surface area contributed by atoms with Crippen LogP contribution in [0.1, 0.15) is 5.56 Å². The molecule has 0 aliphatic heterocycles. The van der Waals surface area contributed by atoms with Crippen molar-refractivity contribution in [3.63, 3.8) is 0 Å². The molecular weight excluding hydrogens is 290 g/mol. The van der Waals surface area contributed by atoms with E-state index in [2.05, 4.69) is 20.9 Å². The summed E-state index contributed by atoms with van der Waals surface area (Å²) in [5.41, 5.74) is 2.25. The molecule has 3 heteroatoms. The van der Waals surface area contributed by atoms with Gasteiger partial charge >= 0.3 is 0 Å². The fraction of sp³-hybridized carbons (Fsp3) is 0. The van der Waals surface area contributed by atoms with Crippen LogP contribution < -0.4 is 0 Å². The number of hydrogen-bond donors (Lipinski definition) is 0. The van der Waals surface area contributed by atoms with Gasteiger partial charge in [-0.05, 0) is 28.1 Å². The number of carbonyl (C=O) groups excluding carboxylic acids is 1. The standard InChI is InChI=1S/C15H10BrNO/c16-14(11-18)15(12-7-3-1-4-8-12)17-13-9-5-2-6-10-13/h1-10H. The highest BCUT2D eigenvalue weighted by Gasteiger charge is 2.08. The van der Waals surface area contributed by atoms with E-state index >= 15 is 0 Å². The lowest BCUT2D eigenvalue weighted by molar-refractivity contribution is 0.569. The van der Waals surface area contributed by atoms with Crippen LogP contribution in [-0.4, -0.2) is 11.7 Å². The zero-order chi connectivity index (χ0) is 12.8. The Bertz CT molecular complexity index is 599. The van der Waals surface area contributed by atoms with Crippen molar-refractivity contribution in [2.75, 3.05) is 0 Å². The summed E-state index contributed by atoms with van der Waals surface area (Å²) in [4.78, 5) is 15.3. The van der Waals surface area contributed by atoms with Gasteiger partial charge in [-0.3, -0.25) is 0 Å². The Labute approximate surface area is 114 Å². The lowest BCUT2D eigenvalue weighted by atomic mass is 10.1. The molecule has 0 aliphatic carbocycles. The zero-order valence-electron chi connectivity index (χ0n) is 9.51. The van der Waals surface area contributed by atoms with Gasteiger partial charge in [-0.2, -0.15) is 0 Å². The second kappa shape index (κ2) is 6.10. The number of halogens is 1. The molecule has 0 spiro atoms. The lowest BCUT2D eigenvalue weighted by Gasteiger charge is -2.03. The molecule has 0 amide bonds. The number of hydrogen-bond acceptors (Lipinski definition) is 2. The van der Waals surface area contributed by atoms with Crippen LogP contribution in [0.5, 0.6) is 0 Å². The van der Waals surface area contributed by atoms with Crippen LogP contribution in [0.25, 0.3) is 0 Å². The van der Waals surface area contributed by atoms with Crippen molar-refractivity contribution >= 4 is 33.3 Å². The van der Waals surface area contributed by atoms with Crippen molar-refractivity contribution in [3.05, 3.63) is 70.7 Å². The number of para-hydroxylation sites is 1. The fourth-order valence-corrected chi connectivity index (χ4v) is 1.83. The van der Waals surface area contributed by atoms with Crippen molar-refractivity contribution in [3.8, 4) is 0 Å². The molecule has 0 saturated heterocycles. The molecule has 2 aromatic rings. The molecule has 0 aliphatic rings. The van der Waals surface area contributed by atoms with E-state index in [1.807, 2.05) is 66.6 Å². The molecule has 0 saturated carbocycles. The highest BCUT2D eigenvalue weighted by Crippen LogP contribution is 2.18. The molecule has 0 unspecified atom stereocenters. The van der Waals surface area contributed by atoms with E-state index in [0.29, 0.717) is 10.2 Å². The third-order valence-electron chi connectivity index (χ3n) is 2.34. The van der Waals surface area contributed by atoms with Crippen molar-refractivity contribution in [2.45, 2.75) is 0 Å².